The zero-order chi connectivity index (χ0) is 9.33. The van der Waals surface area contributed by atoms with Crippen molar-refractivity contribution in [3.63, 3.8) is 0 Å². The van der Waals surface area contributed by atoms with E-state index < -0.39 is 5.97 Å². The zero-order valence-corrected chi connectivity index (χ0v) is 6.82. The Bertz CT molecular complexity index is 70.7. The van der Waals surface area contributed by atoms with Crippen LogP contribution < -0.4 is 11.5 Å². The number of hydrogen-bond acceptors (Lipinski definition) is 5. The monoisotopic (exact) mass is 166 g/mol. The summed E-state index contributed by atoms with van der Waals surface area (Å²) in [5, 5.41) is 24.4. The van der Waals surface area contributed by atoms with Crippen LogP contribution in [0.2, 0.25) is 0 Å². The van der Waals surface area contributed by atoms with Crippen molar-refractivity contribution in [1.29, 1.82) is 0 Å². The zero-order valence-electron chi connectivity index (χ0n) is 6.82. The molecule has 0 atom stereocenters. The van der Waals surface area contributed by atoms with E-state index in [-0.39, 0.29) is 6.42 Å². The largest absolute Gasteiger partial charge is 0.344 e. The highest BCUT2D eigenvalue weighted by Crippen LogP contribution is 2.01. The number of nitrogens with two attached hydrogens (primary N) is 2. The lowest BCUT2D eigenvalue weighted by molar-refractivity contribution is -0.314. The van der Waals surface area contributed by atoms with Gasteiger partial charge in [-0.05, 0) is 6.42 Å². The van der Waals surface area contributed by atoms with E-state index in [9.17, 15) is 0 Å². The van der Waals surface area contributed by atoms with Gasteiger partial charge >= 0.3 is 0 Å². The van der Waals surface area contributed by atoms with Gasteiger partial charge < -0.3 is 26.8 Å². The fraction of sp³-hybridized carbons (Fsp3) is 1.00. The Morgan fingerprint density at radius 1 is 1.09 bits per heavy atom. The highest BCUT2D eigenvalue weighted by atomic mass is 16.7. The molecule has 11 heavy (non-hydrogen) atoms. The molecule has 5 heteroatoms. The molecule has 0 aliphatic rings. The molecular formula is C6H18N2O3. The van der Waals surface area contributed by atoms with Gasteiger partial charge in [0.1, 0.15) is 0 Å². The van der Waals surface area contributed by atoms with Gasteiger partial charge in [-0.15, -0.1) is 0 Å². The summed E-state index contributed by atoms with van der Waals surface area (Å²) in [6, 6.07) is 0. The Morgan fingerprint density at radius 3 is 1.45 bits per heavy atom. The maximum atomic E-state index is 8.13. The maximum absolute atomic E-state index is 8.13. The molecule has 70 valence electrons. The van der Waals surface area contributed by atoms with Crippen LogP contribution in [0.4, 0.5) is 0 Å². The Morgan fingerprint density at radius 2 is 1.45 bits per heavy atom. The lowest BCUT2D eigenvalue weighted by Crippen LogP contribution is -2.26. The van der Waals surface area contributed by atoms with Crippen LogP contribution in [-0.2, 0) is 0 Å². The highest BCUT2D eigenvalue weighted by Gasteiger charge is 2.14. The minimum atomic E-state index is -2.45. The first kappa shape index (κ1) is 13.4. The summed E-state index contributed by atoms with van der Waals surface area (Å²) < 4.78 is 0. The molecule has 0 aliphatic heterocycles. The first-order valence-electron chi connectivity index (χ1n) is 3.55. The van der Waals surface area contributed by atoms with Crippen LogP contribution in [-0.4, -0.2) is 34.4 Å². The molecular weight excluding hydrogens is 148 g/mol. The molecule has 0 aromatic heterocycles. The van der Waals surface area contributed by atoms with Crippen molar-refractivity contribution >= 4 is 0 Å². The number of rotatable bonds is 3. The van der Waals surface area contributed by atoms with Crippen molar-refractivity contribution in [3.05, 3.63) is 0 Å². The van der Waals surface area contributed by atoms with E-state index in [1.807, 2.05) is 0 Å². The fourth-order valence-corrected chi connectivity index (χ4v) is 0.335. The predicted molar refractivity (Wildman–Crippen MR) is 42.4 cm³/mol. The fourth-order valence-electron chi connectivity index (χ4n) is 0.335. The van der Waals surface area contributed by atoms with E-state index in [1.165, 1.54) is 0 Å². The van der Waals surface area contributed by atoms with Gasteiger partial charge in [0.25, 0.3) is 5.97 Å². The van der Waals surface area contributed by atoms with Crippen LogP contribution in [0.25, 0.3) is 0 Å². The molecule has 0 spiro atoms. The first-order valence-corrected chi connectivity index (χ1v) is 3.55. The quantitative estimate of drug-likeness (QED) is 0.321. The second-order valence-electron chi connectivity index (χ2n) is 2.10. The first-order chi connectivity index (χ1) is 4.97. The minimum absolute atomic E-state index is 0.00694. The molecule has 0 saturated heterocycles. The summed E-state index contributed by atoms with van der Waals surface area (Å²) in [6.07, 6.45) is 0.566. The molecule has 0 unspecified atom stereocenters. The Hall–Kier alpha value is -0.200. The average molecular weight is 166 g/mol. The molecule has 0 aromatic rings. The van der Waals surface area contributed by atoms with Gasteiger partial charge in [-0.1, -0.05) is 6.92 Å². The second-order valence-corrected chi connectivity index (χ2v) is 2.10. The molecule has 7 N–H and O–H groups in total. The third kappa shape index (κ3) is 25.9. The maximum Gasteiger partial charge on any atom is 0.275 e. The standard InChI is InChI=1S/C4H10O3.C2H8N2/c1-2-3-4(5,6)7;3-1-2-4/h5-7H,2-3H2,1H3;1-4H2. The van der Waals surface area contributed by atoms with E-state index in [1.54, 1.807) is 6.92 Å². The van der Waals surface area contributed by atoms with Gasteiger partial charge in [-0.25, -0.2) is 0 Å². The van der Waals surface area contributed by atoms with Crippen LogP contribution >= 0.6 is 0 Å². The number of hydrogen-bond donors (Lipinski definition) is 5. The van der Waals surface area contributed by atoms with Crippen molar-refractivity contribution < 1.29 is 15.3 Å². The molecule has 5 nitrogen and oxygen atoms in total. The second kappa shape index (κ2) is 7.90. The van der Waals surface area contributed by atoms with Crippen LogP contribution in [0.3, 0.4) is 0 Å². The summed E-state index contributed by atoms with van der Waals surface area (Å²) in [5.74, 6) is -2.45. The predicted octanol–water partition coefficient (Wildman–Crippen LogP) is -1.68. The average Bonchev–Trinajstić information content (AvgIpc) is 1.86. The Kier molecular flexibility index (Phi) is 9.62. The molecule has 0 heterocycles. The van der Waals surface area contributed by atoms with Crippen LogP contribution in [0, 0.1) is 0 Å². The van der Waals surface area contributed by atoms with Crippen molar-refractivity contribution in [2.45, 2.75) is 25.7 Å². The minimum Gasteiger partial charge on any atom is -0.344 e. The summed E-state index contributed by atoms with van der Waals surface area (Å²) >= 11 is 0. The Labute approximate surface area is 66.6 Å². The molecule has 0 rings (SSSR count). The Balaban J connectivity index is 0. The van der Waals surface area contributed by atoms with E-state index in [0.717, 1.165) is 0 Å². The van der Waals surface area contributed by atoms with Crippen molar-refractivity contribution in [2.24, 2.45) is 11.5 Å². The van der Waals surface area contributed by atoms with Gasteiger partial charge in [0.15, 0.2) is 0 Å². The highest BCUT2D eigenvalue weighted by molar-refractivity contribution is 4.41. The van der Waals surface area contributed by atoms with E-state index in [0.29, 0.717) is 19.5 Å². The van der Waals surface area contributed by atoms with E-state index >= 15 is 0 Å². The van der Waals surface area contributed by atoms with Crippen molar-refractivity contribution in [2.75, 3.05) is 13.1 Å². The van der Waals surface area contributed by atoms with Crippen LogP contribution in [0.1, 0.15) is 19.8 Å². The lowest BCUT2D eigenvalue weighted by Gasteiger charge is -2.10. The molecule has 0 aliphatic carbocycles. The molecule has 0 bridgehead atoms. The van der Waals surface area contributed by atoms with Crippen molar-refractivity contribution in [3.8, 4) is 0 Å². The molecule has 0 aromatic carbocycles. The molecule has 0 saturated carbocycles. The molecule has 0 radical (unpaired) electrons. The van der Waals surface area contributed by atoms with Crippen molar-refractivity contribution in [1.82, 2.24) is 0 Å². The van der Waals surface area contributed by atoms with Crippen LogP contribution in [0.5, 0.6) is 0 Å². The SMILES string of the molecule is CCCC(O)(O)O.NCCN. The molecule has 0 amide bonds. The lowest BCUT2D eigenvalue weighted by atomic mass is 10.3. The van der Waals surface area contributed by atoms with Gasteiger partial charge in [0, 0.05) is 19.5 Å². The normalized spacial score (nSPS) is 10.4. The van der Waals surface area contributed by atoms with E-state index in [2.05, 4.69) is 0 Å². The van der Waals surface area contributed by atoms with Crippen LogP contribution in [0.15, 0.2) is 0 Å². The van der Waals surface area contributed by atoms with E-state index in [4.69, 9.17) is 26.8 Å². The topological polar surface area (TPSA) is 113 Å². The number of aliphatic hydroxyl groups is 3. The molecule has 0 fully saturated rings. The smallest absolute Gasteiger partial charge is 0.275 e. The third-order valence-electron chi connectivity index (χ3n) is 0.752. The summed E-state index contributed by atoms with van der Waals surface area (Å²) in [7, 11) is 0. The van der Waals surface area contributed by atoms with Gasteiger partial charge in [0.2, 0.25) is 0 Å². The third-order valence-corrected chi connectivity index (χ3v) is 0.752. The van der Waals surface area contributed by atoms with Gasteiger partial charge in [-0.2, -0.15) is 0 Å². The van der Waals surface area contributed by atoms with Gasteiger partial charge in [-0.3, -0.25) is 0 Å². The summed E-state index contributed by atoms with van der Waals surface area (Å²) in [5.41, 5.74) is 9.81. The van der Waals surface area contributed by atoms with Gasteiger partial charge in [0.05, 0.1) is 0 Å². The summed E-state index contributed by atoms with van der Waals surface area (Å²) in [4.78, 5) is 0. The summed E-state index contributed by atoms with van der Waals surface area (Å²) in [6.45, 7) is 2.94.